The van der Waals surface area contributed by atoms with E-state index < -0.39 is 11.8 Å². The van der Waals surface area contributed by atoms with Crippen molar-refractivity contribution in [1.82, 2.24) is 14.8 Å². The number of benzene rings is 1. The molecule has 0 radical (unpaired) electrons. The van der Waals surface area contributed by atoms with Crippen molar-refractivity contribution in [1.29, 1.82) is 0 Å². The van der Waals surface area contributed by atoms with Gasteiger partial charge in [-0.3, -0.25) is 4.57 Å². The van der Waals surface area contributed by atoms with Gasteiger partial charge in [-0.1, -0.05) is 11.8 Å². The largest absolute Gasteiger partial charge is 0.497 e. The predicted octanol–water partition coefficient (Wildman–Crippen LogP) is 2.87. The van der Waals surface area contributed by atoms with Gasteiger partial charge in [-0.2, -0.15) is 0 Å². The lowest BCUT2D eigenvalue weighted by molar-refractivity contribution is 0.0983. The molecule has 1 fully saturated rings. The van der Waals surface area contributed by atoms with Crippen molar-refractivity contribution in [3.8, 4) is 11.4 Å². The van der Waals surface area contributed by atoms with E-state index >= 15 is 0 Å². The van der Waals surface area contributed by atoms with E-state index in [0.29, 0.717) is 23.2 Å². The maximum absolute atomic E-state index is 12.9. The van der Waals surface area contributed by atoms with E-state index in [2.05, 4.69) is 10.2 Å². The lowest BCUT2D eigenvalue weighted by Gasteiger charge is -2.10. The van der Waals surface area contributed by atoms with Crippen molar-refractivity contribution < 1.29 is 13.5 Å². The van der Waals surface area contributed by atoms with Gasteiger partial charge in [0.15, 0.2) is 11.0 Å². The maximum Gasteiger partial charge on any atom is 0.251 e. The summed E-state index contributed by atoms with van der Waals surface area (Å²) in [6.45, 7) is 0.250. The Morgan fingerprint density at radius 1 is 1.35 bits per heavy atom. The second kappa shape index (κ2) is 6.45. The summed E-state index contributed by atoms with van der Waals surface area (Å²) in [5.74, 6) is -0.983. The minimum atomic E-state index is -2.47. The number of nitrogens with two attached hydrogens (primary N) is 1. The highest BCUT2D eigenvalue weighted by Crippen LogP contribution is 2.51. The number of rotatable bonds is 7. The fourth-order valence-electron chi connectivity index (χ4n) is 2.39. The molecule has 1 aromatic heterocycles. The summed E-state index contributed by atoms with van der Waals surface area (Å²) < 4.78 is 32.9. The average Bonchev–Trinajstić information content (AvgIpc) is 2.97. The summed E-state index contributed by atoms with van der Waals surface area (Å²) in [5, 5.41) is 8.89. The van der Waals surface area contributed by atoms with E-state index in [1.807, 2.05) is 28.8 Å². The van der Waals surface area contributed by atoms with Crippen LogP contribution in [-0.4, -0.2) is 33.5 Å². The lowest BCUT2D eigenvalue weighted by Crippen LogP contribution is -2.08. The summed E-state index contributed by atoms with van der Waals surface area (Å²) in [7, 11) is 1.61. The molecule has 1 saturated carbocycles. The first-order valence-corrected chi connectivity index (χ1v) is 8.33. The second-order valence-corrected chi connectivity index (χ2v) is 6.50. The van der Waals surface area contributed by atoms with E-state index in [9.17, 15) is 8.78 Å². The summed E-state index contributed by atoms with van der Waals surface area (Å²) in [6.07, 6.45) is 0.484. The Hall–Kier alpha value is -1.67. The number of ether oxygens (including phenoxy) is 1. The SMILES string of the molecule is COc1ccc(-n2c(CN)nnc2SCCC2CC2(F)F)cc1. The molecule has 124 valence electrons. The number of halogens is 2. The molecule has 0 amide bonds. The van der Waals surface area contributed by atoms with Crippen LogP contribution in [0.3, 0.4) is 0 Å². The van der Waals surface area contributed by atoms with Crippen LogP contribution in [0.4, 0.5) is 8.78 Å². The molecule has 0 saturated heterocycles. The Balaban J connectivity index is 1.74. The molecule has 1 aliphatic rings. The van der Waals surface area contributed by atoms with E-state index in [0.717, 1.165) is 11.4 Å². The van der Waals surface area contributed by atoms with Crippen LogP contribution < -0.4 is 10.5 Å². The third-order valence-corrected chi connectivity index (χ3v) is 4.83. The summed E-state index contributed by atoms with van der Waals surface area (Å²) in [5.41, 5.74) is 6.59. The molecule has 1 heterocycles. The number of methoxy groups -OCH3 is 1. The Labute approximate surface area is 137 Å². The average molecular weight is 340 g/mol. The molecule has 1 atom stereocenters. The predicted molar refractivity (Wildman–Crippen MR) is 84.2 cm³/mol. The van der Waals surface area contributed by atoms with Gasteiger partial charge in [-0.15, -0.1) is 10.2 Å². The van der Waals surface area contributed by atoms with Crippen LogP contribution in [0.5, 0.6) is 5.75 Å². The van der Waals surface area contributed by atoms with E-state index in [-0.39, 0.29) is 13.0 Å². The third kappa shape index (κ3) is 3.48. The highest BCUT2D eigenvalue weighted by Gasteiger charge is 2.55. The van der Waals surface area contributed by atoms with Crippen LogP contribution in [0.1, 0.15) is 18.7 Å². The Morgan fingerprint density at radius 2 is 2.04 bits per heavy atom. The molecule has 8 heteroatoms. The monoisotopic (exact) mass is 340 g/mol. The molecule has 2 N–H and O–H groups in total. The van der Waals surface area contributed by atoms with Gasteiger partial charge >= 0.3 is 0 Å². The number of hydrogen-bond donors (Lipinski definition) is 1. The van der Waals surface area contributed by atoms with Gasteiger partial charge in [-0.25, -0.2) is 8.78 Å². The number of aromatic nitrogens is 3. The van der Waals surface area contributed by atoms with E-state index in [4.69, 9.17) is 10.5 Å². The minimum Gasteiger partial charge on any atom is -0.497 e. The van der Waals surface area contributed by atoms with Crippen LogP contribution in [0, 0.1) is 5.92 Å². The van der Waals surface area contributed by atoms with Gasteiger partial charge in [0, 0.05) is 23.8 Å². The van der Waals surface area contributed by atoms with Gasteiger partial charge in [0.2, 0.25) is 0 Å². The van der Waals surface area contributed by atoms with Crippen molar-refractivity contribution in [2.24, 2.45) is 11.7 Å². The van der Waals surface area contributed by atoms with Crippen molar-refractivity contribution >= 4 is 11.8 Å². The first-order valence-electron chi connectivity index (χ1n) is 7.34. The number of nitrogens with zero attached hydrogens (tertiary/aromatic N) is 3. The third-order valence-electron chi connectivity index (χ3n) is 3.87. The summed E-state index contributed by atoms with van der Waals surface area (Å²) in [6, 6.07) is 7.46. The molecule has 0 bridgehead atoms. The molecule has 0 spiro atoms. The van der Waals surface area contributed by atoms with Crippen molar-refractivity contribution in [2.45, 2.75) is 30.5 Å². The molecular formula is C15H18F2N4OS. The summed E-state index contributed by atoms with van der Waals surface area (Å²) in [4.78, 5) is 0. The lowest BCUT2D eigenvalue weighted by atomic mass is 10.3. The zero-order chi connectivity index (χ0) is 16.4. The maximum atomic E-state index is 12.9. The van der Waals surface area contributed by atoms with Crippen molar-refractivity contribution in [3.05, 3.63) is 30.1 Å². The van der Waals surface area contributed by atoms with Crippen LogP contribution in [0.15, 0.2) is 29.4 Å². The first-order chi connectivity index (χ1) is 11.0. The van der Waals surface area contributed by atoms with E-state index in [1.54, 1.807) is 7.11 Å². The molecule has 0 aliphatic heterocycles. The Bertz CT molecular complexity index is 675. The molecule has 1 unspecified atom stereocenters. The second-order valence-electron chi connectivity index (χ2n) is 5.44. The van der Waals surface area contributed by atoms with Crippen LogP contribution in [0.2, 0.25) is 0 Å². The zero-order valence-corrected chi connectivity index (χ0v) is 13.5. The smallest absolute Gasteiger partial charge is 0.251 e. The molecule has 23 heavy (non-hydrogen) atoms. The number of hydrogen-bond acceptors (Lipinski definition) is 5. The molecule has 2 aromatic rings. The molecule has 1 aliphatic carbocycles. The highest BCUT2D eigenvalue weighted by atomic mass is 32.2. The fourth-order valence-corrected chi connectivity index (χ4v) is 3.42. The molecule has 3 rings (SSSR count). The number of thioether (sulfide) groups is 1. The van der Waals surface area contributed by atoms with Gasteiger partial charge in [-0.05, 0) is 30.7 Å². The molecule has 1 aromatic carbocycles. The van der Waals surface area contributed by atoms with Crippen LogP contribution in [0.25, 0.3) is 5.69 Å². The highest BCUT2D eigenvalue weighted by molar-refractivity contribution is 7.99. The zero-order valence-electron chi connectivity index (χ0n) is 12.7. The van der Waals surface area contributed by atoms with Gasteiger partial charge in [0.1, 0.15) is 5.75 Å². The molecular weight excluding hydrogens is 322 g/mol. The van der Waals surface area contributed by atoms with Crippen molar-refractivity contribution in [3.63, 3.8) is 0 Å². The summed E-state index contributed by atoms with van der Waals surface area (Å²) >= 11 is 1.43. The fraction of sp³-hybridized carbons (Fsp3) is 0.467. The minimum absolute atomic E-state index is 0.00673. The van der Waals surface area contributed by atoms with Gasteiger partial charge in [0.25, 0.3) is 5.92 Å². The Kier molecular flexibility index (Phi) is 4.54. The molecule has 5 nitrogen and oxygen atoms in total. The quantitative estimate of drug-likeness (QED) is 0.785. The van der Waals surface area contributed by atoms with Crippen LogP contribution >= 0.6 is 11.8 Å². The normalized spacial score (nSPS) is 18.9. The first kappa shape index (κ1) is 16.2. The Morgan fingerprint density at radius 3 is 2.61 bits per heavy atom. The topological polar surface area (TPSA) is 66.0 Å². The van der Waals surface area contributed by atoms with Crippen molar-refractivity contribution in [2.75, 3.05) is 12.9 Å². The van der Waals surface area contributed by atoms with Gasteiger partial charge in [0.05, 0.1) is 13.7 Å². The standard InChI is InChI=1S/C15H18F2N4OS/c1-22-12-4-2-11(3-5-12)21-13(9-18)19-20-14(21)23-7-6-10-8-15(10,16)17/h2-5,10H,6-9,18H2,1H3. The van der Waals surface area contributed by atoms with E-state index in [1.165, 1.54) is 11.8 Å². The number of alkyl halides is 2. The van der Waals surface area contributed by atoms with Crippen LogP contribution in [-0.2, 0) is 6.54 Å². The van der Waals surface area contributed by atoms with Gasteiger partial charge < -0.3 is 10.5 Å².